The molecule has 0 unspecified atom stereocenters. The van der Waals surface area contributed by atoms with Crippen LogP contribution in [-0.2, 0) is 4.74 Å². The molecule has 0 aliphatic carbocycles. The third-order valence-corrected chi connectivity index (χ3v) is 4.42. The lowest BCUT2D eigenvalue weighted by atomic mass is 10.1. The Hall–Kier alpha value is -3.81. The fourth-order valence-corrected chi connectivity index (χ4v) is 2.86. The number of hydrogen-bond acceptors (Lipinski definition) is 7. The van der Waals surface area contributed by atoms with E-state index in [9.17, 15) is 14.4 Å². The van der Waals surface area contributed by atoms with E-state index >= 15 is 0 Å². The van der Waals surface area contributed by atoms with Crippen molar-refractivity contribution in [3.63, 3.8) is 0 Å². The second kappa shape index (κ2) is 6.73. The van der Waals surface area contributed by atoms with Crippen LogP contribution in [0.3, 0.4) is 0 Å². The second-order valence-corrected chi connectivity index (χ2v) is 6.29. The maximum absolute atomic E-state index is 12.5. The zero-order valence-electron chi connectivity index (χ0n) is 15.1. The molecule has 1 atom stereocenters. The third-order valence-electron chi connectivity index (χ3n) is 4.42. The summed E-state index contributed by atoms with van der Waals surface area (Å²) in [7, 11) is 1.39. The summed E-state index contributed by atoms with van der Waals surface area (Å²) in [5.41, 5.74) is 1.36. The fourth-order valence-electron chi connectivity index (χ4n) is 2.86. The molecule has 1 aliphatic rings. The van der Waals surface area contributed by atoms with Gasteiger partial charge < -0.3 is 9.15 Å². The number of amides is 2. The molecule has 0 saturated heterocycles. The molecule has 28 heavy (non-hydrogen) atoms. The number of imide groups is 1. The molecule has 2 heterocycles. The van der Waals surface area contributed by atoms with Gasteiger partial charge in [0.1, 0.15) is 0 Å². The van der Waals surface area contributed by atoms with Gasteiger partial charge in [0.05, 0.1) is 16.7 Å². The molecule has 3 aromatic rings. The van der Waals surface area contributed by atoms with E-state index in [0.29, 0.717) is 5.89 Å². The molecule has 0 bridgehead atoms. The van der Waals surface area contributed by atoms with E-state index in [2.05, 4.69) is 10.2 Å². The van der Waals surface area contributed by atoms with Gasteiger partial charge in [-0.1, -0.05) is 18.2 Å². The highest BCUT2D eigenvalue weighted by atomic mass is 16.6. The van der Waals surface area contributed by atoms with Crippen LogP contribution in [0.5, 0.6) is 0 Å². The van der Waals surface area contributed by atoms with Crippen LogP contribution in [-0.4, -0.2) is 39.9 Å². The Morgan fingerprint density at radius 3 is 2.50 bits per heavy atom. The molecule has 0 fully saturated rings. The van der Waals surface area contributed by atoms with E-state index < -0.39 is 23.9 Å². The summed E-state index contributed by atoms with van der Waals surface area (Å²) in [4.78, 5) is 37.5. The number of ether oxygens (including phenoxy) is 1. The Morgan fingerprint density at radius 1 is 1.04 bits per heavy atom. The Bertz CT molecular complexity index is 1090. The Kier molecular flexibility index (Phi) is 4.23. The number of benzene rings is 2. The Balaban J connectivity index is 1.51. The molecule has 0 saturated carbocycles. The highest BCUT2D eigenvalue weighted by molar-refractivity contribution is 6.21. The number of carbonyl (C=O) groups is 3. The topological polar surface area (TPSA) is 103 Å². The quantitative estimate of drug-likeness (QED) is 0.509. The minimum atomic E-state index is -0.786. The highest BCUT2D eigenvalue weighted by Crippen LogP contribution is 2.25. The highest BCUT2D eigenvalue weighted by Gasteiger charge is 2.33. The van der Waals surface area contributed by atoms with Crippen molar-refractivity contribution >= 4 is 17.8 Å². The number of carbonyl (C=O) groups excluding carboxylic acids is 3. The molecular weight excluding hydrogens is 362 g/mol. The zero-order valence-corrected chi connectivity index (χ0v) is 15.1. The van der Waals surface area contributed by atoms with Crippen LogP contribution in [0.2, 0.25) is 0 Å². The van der Waals surface area contributed by atoms with Crippen molar-refractivity contribution < 1.29 is 23.5 Å². The van der Waals surface area contributed by atoms with Gasteiger partial charge in [-0.25, -0.2) is 4.79 Å². The van der Waals surface area contributed by atoms with Crippen molar-refractivity contribution in [1.82, 2.24) is 15.1 Å². The average Bonchev–Trinajstić information content (AvgIpc) is 3.29. The van der Waals surface area contributed by atoms with E-state index in [4.69, 9.17) is 9.15 Å². The van der Waals surface area contributed by atoms with Crippen molar-refractivity contribution in [1.29, 1.82) is 0 Å². The summed E-state index contributed by atoms with van der Waals surface area (Å²) in [5.74, 6) is -1.04. The molecule has 0 N–H and O–H groups in total. The van der Waals surface area contributed by atoms with Crippen LogP contribution in [0.1, 0.15) is 50.0 Å². The second-order valence-electron chi connectivity index (χ2n) is 6.29. The van der Waals surface area contributed by atoms with E-state index in [1.54, 1.807) is 6.92 Å². The minimum Gasteiger partial charge on any atom is -0.449 e. The lowest BCUT2D eigenvalue weighted by Gasteiger charge is -2.09. The molecule has 0 radical (unpaired) electrons. The van der Waals surface area contributed by atoms with Crippen molar-refractivity contribution in [2.45, 2.75) is 13.0 Å². The van der Waals surface area contributed by atoms with Crippen LogP contribution >= 0.6 is 0 Å². The first-order valence-corrected chi connectivity index (χ1v) is 8.52. The summed E-state index contributed by atoms with van der Waals surface area (Å²) >= 11 is 0. The normalized spacial score (nSPS) is 14.1. The largest absolute Gasteiger partial charge is 0.449 e. The first kappa shape index (κ1) is 17.6. The zero-order chi connectivity index (χ0) is 19.8. The minimum absolute atomic E-state index is 0.152. The van der Waals surface area contributed by atoms with Crippen molar-refractivity contribution in [2.24, 2.45) is 0 Å². The van der Waals surface area contributed by atoms with E-state index in [1.807, 2.05) is 30.3 Å². The third kappa shape index (κ3) is 2.94. The molecule has 2 amide bonds. The number of aromatic nitrogens is 2. The maximum atomic E-state index is 12.5. The van der Waals surface area contributed by atoms with E-state index in [-0.39, 0.29) is 22.6 Å². The van der Waals surface area contributed by atoms with Crippen LogP contribution in [0.25, 0.3) is 11.5 Å². The predicted molar refractivity (Wildman–Crippen MR) is 96.4 cm³/mol. The molecule has 0 spiro atoms. The number of esters is 1. The van der Waals surface area contributed by atoms with Crippen molar-refractivity contribution in [2.75, 3.05) is 7.05 Å². The van der Waals surface area contributed by atoms with Gasteiger partial charge >= 0.3 is 5.97 Å². The standard InChI is InChI=1S/C20H15N3O5/c1-11(16-21-22-17(28-16)12-6-4-3-5-7-12)27-20(26)13-8-9-14-15(10-13)19(25)23(2)18(14)24/h3-11H,1-2H3/t11-/m0/s1. The van der Waals surface area contributed by atoms with Crippen LogP contribution in [0.15, 0.2) is 52.9 Å². The summed E-state index contributed by atoms with van der Waals surface area (Å²) in [6, 6.07) is 13.5. The maximum Gasteiger partial charge on any atom is 0.338 e. The molecule has 4 rings (SSSR count). The summed E-state index contributed by atoms with van der Waals surface area (Å²) in [6.45, 7) is 1.61. The van der Waals surface area contributed by atoms with E-state index in [0.717, 1.165) is 10.5 Å². The molecular formula is C20H15N3O5. The molecule has 8 heteroatoms. The monoisotopic (exact) mass is 377 g/mol. The van der Waals surface area contributed by atoms with Gasteiger partial charge in [0.25, 0.3) is 17.7 Å². The van der Waals surface area contributed by atoms with E-state index in [1.165, 1.54) is 25.2 Å². The molecule has 1 aromatic heterocycles. The SMILES string of the molecule is C[C@H](OC(=O)c1ccc2c(c1)C(=O)N(C)C2=O)c1nnc(-c2ccccc2)o1. The van der Waals surface area contributed by atoms with Gasteiger partial charge in [0.2, 0.25) is 5.89 Å². The predicted octanol–water partition coefficient (Wildman–Crippen LogP) is 2.88. The Labute approximate surface area is 159 Å². The lowest BCUT2D eigenvalue weighted by Crippen LogP contribution is -2.24. The number of rotatable bonds is 4. The van der Waals surface area contributed by atoms with Gasteiger partial charge in [-0.3, -0.25) is 14.5 Å². The first-order chi connectivity index (χ1) is 13.5. The summed E-state index contributed by atoms with van der Waals surface area (Å²) < 4.78 is 11.0. The van der Waals surface area contributed by atoms with Gasteiger partial charge in [-0.2, -0.15) is 0 Å². The number of hydrogen-bond donors (Lipinski definition) is 0. The summed E-state index contributed by atoms with van der Waals surface area (Å²) in [5, 5.41) is 7.90. The molecule has 2 aromatic carbocycles. The van der Waals surface area contributed by atoms with Gasteiger partial charge in [0.15, 0.2) is 6.10 Å². The van der Waals surface area contributed by atoms with Crippen molar-refractivity contribution in [3.05, 3.63) is 71.1 Å². The smallest absolute Gasteiger partial charge is 0.338 e. The van der Waals surface area contributed by atoms with Crippen LogP contribution in [0, 0.1) is 0 Å². The molecule has 8 nitrogen and oxygen atoms in total. The van der Waals surface area contributed by atoms with Gasteiger partial charge in [0, 0.05) is 12.6 Å². The first-order valence-electron chi connectivity index (χ1n) is 8.52. The van der Waals surface area contributed by atoms with Gasteiger partial charge in [-0.05, 0) is 37.3 Å². The molecule has 1 aliphatic heterocycles. The molecule has 140 valence electrons. The Morgan fingerprint density at radius 2 is 1.75 bits per heavy atom. The van der Waals surface area contributed by atoms with Crippen LogP contribution in [0.4, 0.5) is 0 Å². The fraction of sp³-hybridized carbons (Fsp3) is 0.150. The van der Waals surface area contributed by atoms with Crippen molar-refractivity contribution in [3.8, 4) is 11.5 Å². The van der Waals surface area contributed by atoms with Crippen LogP contribution < -0.4 is 0 Å². The number of nitrogens with zero attached hydrogens (tertiary/aromatic N) is 3. The number of fused-ring (bicyclic) bond motifs is 1. The lowest BCUT2D eigenvalue weighted by molar-refractivity contribution is 0.0279. The van der Waals surface area contributed by atoms with Gasteiger partial charge in [-0.15, -0.1) is 10.2 Å². The summed E-state index contributed by atoms with van der Waals surface area (Å²) in [6.07, 6.45) is -0.786. The average molecular weight is 377 g/mol.